The van der Waals surface area contributed by atoms with Gasteiger partial charge < -0.3 is 0 Å². The van der Waals surface area contributed by atoms with E-state index in [4.69, 9.17) is 0 Å². The summed E-state index contributed by atoms with van der Waals surface area (Å²) in [6, 6.07) is 0. The van der Waals surface area contributed by atoms with Gasteiger partial charge in [-0.25, -0.2) is 0 Å². The van der Waals surface area contributed by atoms with E-state index >= 15 is 0 Å². The zero-order valence-corrected chi connectivity index (χ0v) is 14.4. The molecule has 2 heteroatoms. The molecule has 1 radical (unpaired) electrons. The molecule has 0 N–H and O–H groups in total. The van der Waals surface area contributed by atoms with Crippen LogP contribution in [0.4, 0.5) is 0 Å². The molecule has 0 fully saturated rings. The van der Waals surface area contributed by atoms with Crippen LogP contribution in [-0.2, 0) is 19.5 Å². The fraction of sp³-hybridized carbons (Fsp3) is 0.500. The molecule has 0 spiro atoms. The first-order chi connectivity index (χ1) is 8.13. The standard InChI is InChI=1S/C8H15P.C8H12.Rh/c1-7(2)5-9-6-8(3)4;1-2-4-6-8-7-5-3-1;/h9H,1,3,5-6H2,2,4H3;1-2,7-8H,3-6H2;. The van der Waals surface area contributed by atoms with Crippen LogP contribution in [0.1, 0.15) is 39.5 Å². The van der Waals surface area contributed by atoms with Crippen molar-refractivity contribution in [1.29, 1.82) is 0 Å². The summed E-state index contributed by atoms with van der Waals surface area (Å²) < 4.78 is 0. The minimum atomic E-state index is 0. The number of hydrogen-bond donors (Lipinski definition) is 0. The van der Waals surface area contributed by atoms with E-state index in [0.29, 0.717) is 0 Å². The average molecular weight is 353 g/mol. The molecule has 0 saturated carbocycles. The van der Waals surface area contributed by atoms with Crippen LogP contribution >= 0.6 is 8.58 Å². The molecule has 0 saturated heterocycles. The molecular formula is C16H27PRh. The Morgan fingerprint density at radius 3 is 1.33 bits per heavy atom. The number of rotatable bonds is 4. The topological polar surface area (TPSA) is 0 Å². The first-order valence-electron chi connectivity index (χ1n) is 6.42. The first kappa shape index (κ1) is 20.3. The second kappa shape index (κ2) is 15.1. The Morgan fingerprint density at radius 2 is 1.11 bits per heavy atom. The maximum atomic E-state index is 3.83. The van der Waals surface area contributed by atoms with E-state index in [1.165, 1.54) is 49.2 Å². The summed E-state index contributed by atoms with van der Waals surface area (Å²) in [6.07, 6.45) is 16.3. The average Bonchev–Trinajstić information content (AvgIpc) is 2.15. The van der Waals surface area contributed by atoms with E-state index in [-0.39, 0.29) is 19.5 Å². The third-order valence-corrected chi connectivity index (χ3v) is 3.89. The van der Waals surface area contributed by atoms with Crippen LogP contribution in [-0.4, -0.2) is 12.3 Å². The van der Waals surface area contributed by atoms with E-state index in [9.17, 15) is 0 Å². The largest absolute Gasteiger partial charge is 0.114 e. The van der Waals surface area contributed by atoms with Gasteiger partial charge in [-0.15, -0.1) is 8.58 Å². The molecule has 105 valence electrons. The molecule has 0 aromatic heterocycles. The molecule has 0 aromatic rings. The van der Waals surface area contributed by atoms with Gasteiger partial charge in [0.15, 0.2) is 0 Å². The third kappa shape index (κ3) is 18.4. The van der Waals surface area contributed by atoms with Gasteiger partial charge in [0.05, 0.1) is 0 Å². The van der Waals surface area contributed by atoms with E-state index in [0.717, 1.165) is 8.58 Å². The number of allylic oxidation sites excluding steroid dienone is 6. The van der Waals surface area contributed by atoms with Gasteiger partial charge in [0, 0.05) is 19.5 Å². The van der Waals surface area contributed by atoms with Gasteiger partial charge in [0.1, 0.15) is 0 Å². The minimum Gasteiger partial charge on any atom is -0.114 e. The van der Waals surface area contributed by atoms with Crippen LogP contribution in [0.15, 0.2) is 48.6 Å². The Bertz CT molecular complexity index is 237. The predicted molar refractivity (Wildman–Crippen MR) is 84.4 cm³/mol. The van der Waals surface area contributed by atoms with Crippen molar-refractivity contribution in [1.82, 2.24) is 0 Å². The molecule has 0 heterocycles. The molecule has 0 aromatic carbocycles. The second-order valence-corrected chi connectivity index (χ2v) is 5.82. The molecule has 0 amide bonds. The van der Waals surface area contributed by atoms with Gasteiger partial charge in [-0.3, -0.25) is 0 Å². The van der Waals surface area contributed by atoms with Crippen LogP contribution in [0.5, 0.6) is 0 Å². The van der Waals surface area contributed by atoms with Gasteiger partial charge in [0.25, 0.3) is 0 Å². The van der Waals surface area contributed by atoms with E-state index in [1.807, 2.05) is 0 Å². The van der Waals surface area contributed by atoms with Crippen molar-refractivity contribution in [3.8, 4) is 0 Å². The molecule has 1 rings (SSSR count). The quantitative estimate of drug-likeness (QED) is 0.356. The van der Waals surface area contributed by atoms with Crippen molar-refractivity contribution in [2.75, 3.05) is 12.3 Å². The monoisotopic (exact) mass is 353 g/mol. The molecular weight excluding hydrogens is 326 g/mol. The van der Waals surface area contributed by atoms with E-state index in [1.54, 1.807) is 0 Å². The van der Waals surface area contributed by atoms with Crippen LogP contribution < -0.4 is 0 Å². The van der Waals surface area contributed by atoms with Crippen molar-refractivity contribution < 1.29 is 19.5 Å². The van der Waals surface area contributed by atoms with Gasteiger partial charge >= 0.3 is 0 Å². The van der Waals surface area contributed by atoms with Crippen LogP contribution in [0, 0.1) is 0 Å². The Hall–Kier alpha value is 0.0134. The first-order valence-corrected chi connectivity index (χ1v) is 7.84. The molecule has 0 aliphatic heterocycles. The third-order valence-electron chi connectivity index (χ3n) is 2.19. The Kier molecular flexibility index (Phi) is 17.0. The smallest absolute Gasteiger partial charge is 0 e. The van der Waals surface area contributed by atoms with Crippen LogP contribution in [0.25, 0.3) is 0 Å². The zero-order chi connectivity index (χ0) is 12.9. The Balaban J connectivity index is 0. The normalized spacial score (nSPS) is 13.4. The minimum absolute atomic E-state index is 0. The zero-order valence-electron chi connectivity index (χ0n) is 11.8. The van der Waals surface area contributed by atoms with E-state index < -0.39 is 0 Å². The van der Waals surface area contributed by atoms with E-state index in [2.05, 4.69) is 51.3 Å². The van der Waals surface area contributed by atoms with Crippen LogP contribution in [0.2, 0.25) is 0 Å². The molecule has 0 atom stereocenters. The molecule has 0 nitrogen and oxygen atoms in total. The Morgan fingerprint density at radius 1 is 0.833 bits per heavy atom. The summed E-state index contributed by atoms with van der Waals surface area (Å²) >= 11 is 0. The molecule has 0 unspecified atom stereocenters. The summed E-state index contributed by atoms with van der Waals surface area (Å²) in [7, 11) is 0.994. The van der Waals surface area contributed by atoms with Crippen LogP contribution in [0.3, 0.4) is 0 Å². The summed E-state index contributed by atoms with van der Waals surface area (Å²) in [4.78, 5) is 0. The fourth-order valence-electron chi connectivity index (χ4n) is 1.35. The summed E-state index contributed by atoms with van der Waals surface area (Å²) in [5.41, 5.74) is 2.57. The maximum Gasteiger partial charge on any atom is 0 e. The van der Waals surface area contributed by atoms with Crippen molar-refractivity contribution in [3.63, 3.8) is 0 Å². The van der Waals surface area contributed by atoms with Crippen molar-refractivity contribution in [3.05, 3.63) is 48.6 Å². The van der Waals surface area contributed by atoms with Crippen molar-refractivity contribution >= 4 is 8.58 Å². The fourth-order valence-corrected chi connectivity index (χ4v) is 2.32. The van der Waals surface area contributed by atoms with Gasteiger partial charge in [0.2, 0.25) is 0 Å². The molecule has 1 aliphatic rings. The predicted octanol–water partition coefficient (Wildman–Crippen LogP) is 5.49. The summed E-state index contributed by atoms with van der Waals surface area (Å²) in [5, 5.41) is 0. The second-order valence-electron chi connectivity index (χ2n) is 4.62. The molecule has 0 bridgehead atoms. The molecule has 18 heavy (non-hydrogen) atoms. The summed E-state index contributed by atoms with van der Waals surface area (Å²) in [5.74, 6) is 0. The van der Waals surface area contributed by atoms with Gasteiger partial charge in [-0.2, -0.15) is 0 Å². The number of hydrogen-bond acceptors (Lipinski definition) is 0. The summed E-state index contributed by atoms with van der Waals surface area (Å²) in [6.45, 7) is 11.8. The van der Waals surface area contributed by atoms with Crippen molar-refractivity contribution in [2.24, 2.45) is 0 Å². The maximum absolute atomic E-state index is 3.83. The Labute approximate surface area is 128 Å². The molecule has 1 aliphatic carbocycles. The van der Waals surface area contributed by atoms with Gasteiger partial charge in [-0.05, 0) is 51.9 Å². The van der Waals surface area contributed by atoms with Gasteiger partial charge in [-0.1, -0.05) is 48.6 Å². The SMILES string of the molecule is C1=CCCC=CCC1.C=C(C)CPCC(=C)C.[Rh]. The van der Waals surface area contributed by atoms with Crippen molar-refractivity contribution in [2.45, 2.75) is 39.5 Å².